The fourth-order valence-electron chi connectivity index (χ4n) is 3.09. The zero-order valence-corrected chi connectivity index (χ0v) is 12.1. The van der Waals surface area contributed by atoms with Gasteiger partial charge in [0.1, 0.15) is 5.75 Å². The molecule has 0 saturated carbocycles. The van der Waals surface area contributed by atoms with Crippen LogP contribution in [0.15, 0.2) is 18.2 Å². The minimum absolute atomic E-state index is 0.389. The molecule has 106 valence electrons. The lowest BCUT2D eigenvalue weighted by molar-refractivity contribution is 0.355. The normalized spacial score (nSPS) is 19.8. The fourth-order valence-corrected chi connectivity index (χ4v) is 3.09. The lowest BCUT2D eigenvalue weighted by Gasteiger charge is -2.31. The van der Waals surface area contributed by atoms with Crippen LogP contribution in [0.5, 0.6) is 5.75 Å². The van der Waals surface area contributed by atoms with Gasteiger partial charge in [0.25, 0.3) is 0 Å². The van der Waals surface area contributed by atoms with Crippen molar-refractivity contribution in [2.45, 2.75) is 51.1 Å². The lowest BCUT2D eigenvalue weighted by atomic mass is 9.86. The second kappa shape index (κ2) is 6.92. The van der Waals surface area contributed by atoms with Crippen molar-refractivity contribution >= 4 is 0 Å². The molecule has 1 aliphatic carbocycles. The quantitative estimate of drug-likeness (QED) is 0.828. The predicted octanol–water partition coefficient (Wildman–Crippen LogP) is 2.79. The van der Waals surface area contributed by atoms with Crippen molar-refractivity contribution in [3.63, 3.8) is 0 Å². The van der Waals surface area contributed by atoms with Crippen LogP contribution in [-0.2, 0) is 6.42 Å². The van der Waals surface area contributed by atoms with Crippen LogP contribution in [0.25, 0.3) is 0 Å². The Morgan fingerprint density at radius 2 is 2.32 bits per heavy atom. The van der Waals surface area contributed by atoms with Crippen LogP contribution in [0.4, 0.5) is 0 Å². The molecule has 0 aliphatic heterocycles. The minimum atomic E-state index is 0.389. The van der Waals surface area contributed by atoms with Gasteiger partial charge in [-0.1, -0.05) is 25.5 Å². The summed E-state index contributed by atoms with van der Waals surface area (Å²) in [5, 5.41) is 3.73. The summed E-state index contributed by atoms with van der Waals surface area (Å²) in [6.45, 7) is 2.91. The molecule has 0 radical (unpaired) electrons. The van der Waals surface area contributed by atoms with Gasteiger partial charge >= 0.3 is 0 Å². The number of benzene rings is 1. The summed E-state index contributed by atoms with van der Waals surface area (Å²) in [5.74, 6) is 1.02. The highest BCUT2D eigenvalue weighted by molar-refractivity contribution is 5.44. The van der Waals surface area contributed by atoms with Gasteiger partial charge in [-0.3, -0.25) is 0 Å². The second-order valence-corrected chi connectivity index (χ2v) is 5.37. The van der Waals surface area contributed by atoms with E-state index >= 15 is 0 Å². The van der Waals surface area contributed by atoms with E-state index in [9.17, 15) is 0 Å². The molecule has 19 heavy (non-hydrogen) atoms. The van der Waals surface area contributed by atoms with Gasteiger partial charge in [0.2, 0.25) is 0 Å². The highest BCUT2D eigenvalue weighted by atomic mass is 16.5. The maximum atomic E-state index is 5.87. The molecule has 1 aromatic rings. The third-order valence-electron chi connectivity index (χ3n) is 4.02. The van der Waals surface area contributed by atoms with Crippen molar-refractivity contribution in [1.82, 2.24) is 5.32 Å². The molecule has 0 aromatic heterocycles. The number of rotatable bonds is 6. The van der Waals surface area contributed by atoms with Gasteiger partial charge in [0.05, 0.1) is 7.11 Å². The summed E-state index contributed by atoms with van der Waals surface area (Å²) >= 11 is 0. The third kappa shape index (κ3) is 3.28. The first kappa shape index (κ1) is 14.4. The Balaban J connectivity index is 2.21. The van der Waals surface area contributed by atoms with Crippen LogP contribution in [-0.4, -0.2) is 19.7 Å². The van der Waals surface area contributed by atoms with Gasteiger partial charge in [-0.2, -0.15) is 0 Å². The van der Waals surface area contributed by atoms with Crippen LogP contribution in [0.1, 0.15) is 49.8 Å². The number of nitrogens with one attached hydrogen (secondary N) is 1. The molecule has 2 rings (SSSR count). The van der Waals surface area contributed by atoms with E-state index in [0.717, 1.165) is 18.6 Å². The van der Waals surface area contributed by atoms with E-state index in [2.05, 4.69) is 30.4 Å². The number of hydrogen-bond acceptors (Lipinski definition) is 3. The number of ether oxygens (including phenoxy) is 1. The highest BCUT2D eigenvalue weighted by Gasteiger charge is 2.25. The minimum Gasteiger partial charge on any atom is -0.496 e. The molecular weight excluding hydrogens is 236 g/mol. The van der Waals surface area contributed by atoms with Gasteiger partial charge < -0.3 is 15.8 Å². The fraction of sp³-hybridized carbons (Fsp3) is 0.625. The van der Waals surface area contributed by atoms with Crippen LogP contribution in [0.2, 0.25) is 0 Å². The average Bonchev–Trinajstić information content (AvgIpc) is 2.46. The van der Waals surface area contributed by atoms with Crippen LogP contribution in [0, 0.1) is 0 Å². The Morgan fingerprint density at radius 1 is 1.47 bits per heavy atom. The van der Waals surface area contributed by atoms with Gasteiger partial charge in [-0.05, 0) is 37.3 Å². The zero-order valence-electron chi connectivity index (χ0n) is 12.1. The monoisotopic (exact) mass is 262 g/mol. The van der Waals surface area contributed by atoms with Crippen molar-refractivity contribution < 1.29 is 4.74 Å². The Bertz CT molecular complexity index is 391. The van der Waals surface area contributed by atoms with Crippen molar-refractivity contribution in [3.05, 3.63) is 29.3 Å². The standard InChI is InChI=1S/C16H26N2O/c1-3-6-13(11-17)18-14-9-4-7-12-8-5-10-15(19-2)16(12)14/h5,8,10,13-14,18H,3-4,6-7,9,11,17H2,1-2H3. The van der Waals surface area contributed by atoms with E-state index in [-0.39, 0.29) is 0 Å². The summed E-state index contributed by atoms with van der Waals surface area (Å²) in [6.07, 6.45) is 5.87. The van der Waals surface area contributed by atoms with Crippen molar-refractivity contribution in [1.29, 1.82) is 0 Å². The SMILES string of the molecule is CCCC(CN)NC1CCCc2cccc(OC)c21. The molecule has 2 unspecified atom stereocenters. The molecule has 0 spiro atoms. The Labute approximate surface area is 116 Å². The summed E-state index contributed by atoms with van der Waals surface area (Å²) in [4.78, 5) is 0. The van der Waals surface area contributed by atoms with E-state index in [0.29, 0.717) is 18.6 Å². The predicted molar refractivity (Wildman–Crippen MR) is 79.6 cm³/mol. The topological polar surface area (TPSA) is 47.3 Å². The van der Waals surface area contributed by atoms with Crippen LogP contribution < -0.4 is 15.8 Å². The van der Waals surface area contributed by atoms with Crippen molar-refractivity contribution in [3.8, 4) is 5.75 Å². The van der Waals surface area contributed by atoms with Gasteiger partial charge in [-0.15, -0.1) is 0 Å². The lowest BCUT2D eigenvalue weighted by Crippen LogP contribution is -2.39. The number of fused-ring (bicyclic) bond motifs is 1. The average molecular weight is 262 g/mol. The summed E-state index contributed by atoms with van der Waals surface area (Å²) in [6, 6.07) is 7.18. The summed E-state index contributed by atoms with van der Waals surface area (Å²) < 4.78 is 5.55. The van der Waals surface area contributed by atoms with Gasteiger partial charge in [0, 0.05) is 24.2 Å². The first-order chi connectivity index (χ1) is 9.30. The van der Waals surface area contributed by atoms with E-state index in [1.54, 1.807) is 7.11 Å². The molecular formula is C16H26N2O. The Kier molecular flexibility index (Phi) is 5.23. The van der Waals surface area contributed by atoms with Gasteiger partial charge in [-0.25, -0.2) is 0 Å². The molecule has 0 heterocycles. The smallest absolute Gasteiger partial charge is 0.123 e. The molecule has 1 aromatic carbocycles. The number of hydrogen-bond donors (Lipinski definition) is 2. The molecule has 3 heteroatoms. The molecule has 2 atom stereocenters. The molecule has 0 bridgehead atoms. The summed E-state index contributed by atoms with van der Waals surface area (Å²) in [7, 11) is 1.76. The third-order valence-corrected chi connectivity index (χ3v) is 4.02. The molecule has 0 saturated heterocycles. The maximum absolute atomic E-state index is 5.87. The Hall–Kier alpha value is -1.06. The van der Waals surface area contributed by atoms with Crippen LogP contribution in [0.3, 0.4) is 0 Å². The first-order valence-corrected chi connectivity index (χ1v) is 7.42. The first-order valence-electron chi connectivity index (χ1n) is 7.42. The van der Waals surface area contributed by atoms with Crippen molar-refractivity contribution in [2.75, 3.05) is 13.7 Å². The zero-order chi connectivity index (χ0) is 13.7. The molecule has 3 nitrogen and oxygen atoms in total. The van der Waals surface area contributed by atoms with Gasteiger partial charge in [0.15, 0.2) is 0 Å². The number of nitrogens with two attached hydrogens (primary N) is 1. The number of methoxy groups -OCH3 is 1. The van der Waals surface area contributed by atoms with E-state index < -0.39 is 0 Å². The van der Waals surface area contributed by atoms with Crippen LogP contribution >= 0.6 is 0 Å². The largest absolute Gasteiger partial charge is 0.496 e. The van der Waals surface area contributed by atoms with E-state index in [4.69, 9.17) is 10.5 Å². The Morgan fingerprint density at radius 3 is 3.00 bits per heavy atom. The van der Waals surface area contributed by atoms with E-state index in [1.807, 2.05) is 0 Å². The highest BCUT2D eigenvalue weighted by Crippen LogP contribution is 2.36. The summed E-state index contributed by atoms with van der Waals surface area (Å²) in [5.41, 5.74) is 8.65. The molecule has 0 fully saturated rings. The molecule has 1 aliphatic rings. The van der Waals surface area contributed by atoms with E-state index in [1.165, 1.54) is 30.4 Å². The van der Waals surface area contributed by atoms with Crippen molar-refractivity contribution in [2.24, 2.45) is 5.73 Å². The maximum Gasteiger partial charge on any atom is 0.123 e. The molecule has 0 amide bonds. The molecule has 3 N–H and O–H groups in total. The number of aryl methyl sites for hydroxylation is 1. The second-order valence-electron chi connectivity index (χ2n) is 5.37.